The van der Waals surface area contributed by atoms with Gasteiger partial charge in [-0.25, -0.2) is 18.1 Å². The van der Waals surface area contributed by atoms with E-state index >= 15 is 0 Å². The summed E-state index contributed by atoms with van der Waals surface area (Å²) in [5.41, 5.74) is 1.37. The van der Waals surface area contributed by atoms with Crippen molar-refractivity contribution in [2.24, 2.45) is 0 Å². The van der Waals surface area contributed by atoms with Gasteiger partial charge >= 0.3 is 0 Å². The Morgan fingerprint density at radius 1 is 1.19 bits per heavy atom. The minimum absolute atomic E-state index is 0.0808. The van der Waals surface area contributed by atoms with Crippen LogP contribution in [0.2, 0.25) is 0 Å². The summed E-state index contributed by atoms with van der Waals surface area (Å²) in [5.74, 6) is 1.12. The lowest BCUT2D eigenvalue weighted by Gasteiger charge is -2.19. The van der Waals surface area contributed by atoms with Crippen LogP contribution in [0.5, 0.6) is 5.75 Å². The number of hydrogen-bond acceptors (Lipinski definition) is 6. The van der Waals surface area contributed by atoms with Gasteiger partial charge in [-0.05, 0) is 42.7 Å². The normalized spacial score (nSPS) is 11.5. The maximum Gasteiger partial charge on any atom is 0.257 e. The highest BCUT2D eigenvalue weighted by molar-refractivity contribution is 7.90. The molecule has 1 aromatic carbocycles. The topological polar surface area (TPSA) is 94.4 Å². The van der Waals surface area contributed by atoms with Crippen molar-refractivity contribution in [2.75, 3.05) is 26.5 Å². The van der Waals surface area contributed by atoms with Crippen LogP contribution in [0.1, 0.15) is 42.2 Å². The van der Waals surface area contributed by atoms with Crippen LogP contribution in [0, 0.1) is 0 Å². The molecule has 2 aromatic heterocycles. The molecule has 0 spiro atoms. The standard InChI is InChI=1S/C23H28N4O4S/c1-17(2)22-20(16-25-27(22)21-11-5-6-12-24-21)23(28)26(3)13-8-14-31-18-9-7-10-19(15-18)32(4,29)30/h5-7,9-12,15-17H,8,13-14H2,1-4H3. The number of hydrogen-bond donors (Lipinski definition) is 0. The first kappa shape index (κ1) is 23.5. The largest absolute Gasteiger partial charge is 0.493 e. The molecule has 0 fully saturated rings. The Labute approximate surface area is 188 Å². The van der Waals surface area contributed by atoms with E-state index in [9.17, 15) is 13.2 Å². The van der Waals surface area contributed by atoms with Crippen LogP contribution >= 0.6 is 0 Å². The molecule has 0 aliphatic carbocycles. The first-order chi connectivity index (χ1) is 15.2. The molecule has 0 unspecified atom stereocenters. The molecule has 1 amide bonds. The third-order valence-electron chi connectivity index (χ3n) is 4.94. The van der Waals surface area contributed by atoms with Crippen LogP contribution < -0.4 is 4.74 Å². The van der Waals surface area contributed by atoms with Crippen LogP contribution in [0.4, 0.5) is 0 Å². The lowest BCUT2D eigenvalue weighted by atomic mass is 10.0. The maximum atomic E-state index is 13.1. The Morgan fingerprint density at radius 3 is 2.62 bits per heavy atom. The van der Waals surface area contributed by atoms with Gasteiger partial charge in [-0.2, -0.15) is 5.10 Å². The predicted molar refractivity (Wildman–Crippen MR) is 122 cm³/mol. The summed E-state index contributed by atoms with van der Waals surface area (Å²) in [6, 6.07) is 12.0. The van der Waals surface area contributed by atoms with Crippen molar-refractivity contribution in [3.05, 3.63) is 66.1 Å². The second-order valence-electron chi connectivity index (χ2n) is 7.87. The summed E-state index contributed by atoms with van der Waals surface area (Å²) in [7, 11) is -1.54. The fraction of sp³-hybridized carbons (Fsp3) is 0.348. The van der Waals surface area contributed by atoms with Gasteiger partial charge in [0.2, 0.25) is 0 Å². The van der Waals surface area contributed by atoms with Gasteiger partial charge in [0, 0.05) is 26.0 Å². The highest BCUT2D eigenvalue weighted by Crippen LogP contribution is 2.23. The summed E-state index contributed by atoms with van der Waals surface area (Å²) < 4.78 is 30.7. The van der Waals surface area contributed by atoms with Crippen LogP contribution in [-0.2, 0) is 9.84 Å². The quantitative estimate of drug-likeness (QED) is 0.459. The molecule has 0 saturated carbocycles. The highest BCUT2D eigenvalue weighted by atomic mass is 32.2. The van der Waals surface area contributed by atoms with Gasteiger partial charge in [0.25, 0.3) is 5.91 Å². The Balaban J connectivity index is 1.63. The molecule has 8 nitrogen and oxygen atoms in total. The minimum atomic E-state index is -3.29. The molecule has 2 heterocycles. The summed E-state index contributed by atoms with van der Waals surface area (Å²) in [6.07, 6.45) is 5.04. The van der Waals surface area contributed by atoms with Gasteiger partial charge in [-0.1, -0.05) is 26.0 Å². The van der Waals surface area contributed by atoms with Crippen LogP contribution in [-0.4, -0.2) is 60.4 Å². The summed E-state index contributed by atoms with van der Waals surface area (Å²) in [6.45, 7) is 4.88. The van der Waals surface area contributed by atoms with E-state index in [4.69, 9.17) is 4.74 Å². The smallest absolute Gasteiger partial charge is 0.257 e. The van der Waals surface area contributed by atoms with Crippen molar-refractivity contribution >= 4 is 15.7 Å². The Kier molecular flexibility index (Phi) is 7.29. The number of pyridine rings is 1. The number of amides is 1. The number of carbonyl (C=O) groups is 1. The number of rotatable bonds is 9. The molecule has 0 aliphatic heterocycles. The fourth-order valence-electron chi connectivity index (χ4n) is 3.33. The summed E-state index contributed by atoms with van der Waals surface area (Å²) in [5, 5.41) is 4.41. The van der Waals surface area contributed by atoms with Crippen molar-refractivity contribution in [1.82, 2.24) is 19.7 Å². The molecule has 0 bridgehead atoms. The summed E-state index contributed by atoms with van der Waals surface area (Å²) >= 11 is 0. The van der Waals surface area contributed by atoms with Crippen molar-refractivity contribution in [3.63, 3.8) is 0 Å². The van der Waals surface area contributed by atoms with E-state index in [1.54, 1.807) is 41.2 Å². The van der Waals surface area contributed by atoms with E-state index in [1.165, 1.54) is 12.1 Å². The molecular weight excluding hydrogens is 428 g/mol. The predicted octanol–water partition coefficient (Wildman–Crippen LogP) is 3.34. The molecule has 170 valence electrons. The Morgan fingerprint density at radius 2 is 1.97 bits per heavy atom. The molecule has 0 saturated heterocycles. The van der Waals surface area contributed by atoms with E-state index in [2.05, 4.69) is 10.1 Å². The average Bonchev–Trinajstić information content (AvgIpc) is 3.22. The lowest BCUT2D eigenvalue weighted by molar-refractivity contribution is 0.0786. The Bertz CT molecular complexity index is 1170. The van der Waals surface area contributed by atoms with Crippen molar-refractivity contribution in [2.45, 2.75) is 31.1 Å². The molecule has 0 aliphatic rings. The van der Waals surface area contributed by atoms with Gasteiger partial charge in [0.05, 0.1) is 29.0 Å². The number of ether oxygens (including phenoxy) is 1. The second kappa shape index (κ2) is 9.95. The zero-order valence-corrected chi connectivity index (χ0v) is 19.5. The van der Waals surface area contributed by atoms with Gasteiger partial charge in [-0.15, -0.1) is 0 Å². The zero-order valence-electron chi connectivity index (χ0n) is 18.7. The minimum Gasteiger partial charge on any atom is -0.493 e. The van der Waals surface area contributed by atoms with E-state index in [0.717, 1.165) is 11.9 Å². The van der Waals surface area contributed by atoms with Gasteiger partial charge in [0.15, 0.2) is 15.7 Å². The van der Waals surface area contributed by atoms with Crippen molar-refractivity contribution < 1.29 is 17.9 Å². The number of aromatic nitrogens is 3. The highest BCUT2D eigenvalue weighted by Gasteiger charge is 2.23. The molecule has 32 heavy (non-hydrogen) atoms. The number of carbonyl (C=O) groups excluding carboxylic acids is 1. The fourth-order valence-corrected chi connectivity index (χ4v) is 3.99. The van der Waals surface area contributed by atoms with E-state index < -0.39 is 9.84 Å². The van der Waals surface area contributed by atoms with Gasteiger partial charge < -0.3 is 9.64 Å². The van der Waals surface area contributed by atoms with Crippen LogP contribution in [0.15, 0.2) is 59.8 Å². The molecule has 3 rings (SSSR count). The zero-order chi connectivity index (χ0) is 23.3. The van der Waals surface area contributed by atoms with Crippen LogP contribution in [0.3, 0.4) is 0 Å². The van der Waals surface area contributed by atoms with E-state index in [1.807, 2.05) is 32.0 Å². The monoisotopic (exact) mass is 456 g/mol. The molecule has 0 atom stereocenters. The average molecular weight is 457 g/mol. The number of nitrogens with zero attached hydrogens (tertiary/aromatic N) is 4. The molecule has 9 heteroatoms. The number of benzene rings is 1. The molecule has 0 radical (unpaired) electrons. The number of sulfone groups is 1. The second-order valence-corrected chi connectivity index (χ2v) is 9.89. The lowest BCUT2D eigenvalue weighted by Crippen LogP contribution is -2.29. The van der Waals surface area contributed by atoms with Crippen molar-refractivity contribution in [1.29, 1.82) is 0 Å². The third kappa shape index (κ3) is 5.53. The van der Waals surface area contributed by atoms with Gasteiger partial charge in [-0.3, -0.25) is 4.79 Å². The van der Waals surface area contributed by atoms with Gasteiger partial charge in [0.1, 0.15) is 5.75 Å². The first-order valence-corrected chi connectivity index (χ1v) is 12.3. The summed E-state index contributed by atoms with van der Waals surface area (Å²) in [4.78, 5) is 19.3. The van der Waals surface area contributed by atoms with Crippen molar-refractivity contribution in [3.8, 4) is 11.6 Å². The third-order valence-corrected chi connectivity index (χ3v) is 6.05. The van der Waals surface area contributed by atoms with Crippen LogP contribution in [0.25, 0.3) is 5.82 Å². The molecular formula is C23H28N4O4S. The van der Waals surface area contributed by atoms with E-state index in [-0.39, 0.29) is 16.7 Å². The van der Waals surface area contributed by atoms with E-state index in [0.29, 0.717) is 36.7 Å². The molecule has 3 aromatic rings. The molecule has 0 N–H and O–H groups in total. The first-order valence-electron chi connectivity index (χ1n) is 10.4. The maximum absolute atomic E-state index is 13.1. The Hall–Kier alpha value is -3.20. The SMILES string of the molecule is CC(C)c1c(C(=O)N(C)CCCOc2cccc(S(C)(=O)=O)c2)cnn1-c1ccccn1.